The van der Waals surface area contributed by atoms with Crippen molar-refractivity contribution in [3.05, 3.63) is 54.4 Å². The van der Waals surface area contributed by atoms with E-state index in [1.807, 2.05) is 60.0 Å². The lowest BCUT2D eigenvalue weighted by atomic mass is 10.3. The Morgan fingerprint density at radius 3 is 2.70 bits per heavy atom. The molecule has 118 valence electrons. The molecule has 0 saturated heterocycles. The molecule has 0 aliphatic carbocycles. The molecule has 0 fully saturated rings. The first kappa shape index (κ1) is 15.1. The number of benzene rings is 2. The lowest BCUT2D eigenvalue weighted by molar-refractivity contribution is -0.116. The second kappa shape index (κ2) is 6.52. The summed E-state index contributed by atoms with van der Waals surface area (Å²) in [5.41, 5.74) is 2.55. The molecule has 0 unspecified atom stereocenters. The molecule has 0 spiro atoms. The Morgan fingerprint density at radius 2 is 1.91 bits per heavy atom. The number of anilines is 1. The number of hydrogen-bond donors (Lipinski definition) is 1. The highest BCUT2D eigenvalue weighted by molar-refractivity contribution is 5.93. The van der Waals surface area contributed by atoms with E-state index in [4.69, 9.17) is 4.74 Å². The van der Waals surface area contributed by atoms with Crippen LogP contribution in [-0.4, -0.2) is 22.6 Å². The standard InChI is InChI=1S/C18H19N3O2/c1-3-17-19-13-8-4-6-10-15(13)21(17)12-18(22)20-14-9-5-7-11-16(14)23-2/h4-11H,3,12H2,1-2H3,(H,20,22). The maximum atomic E-state index is 12.4. The quantitative estimate of drug-likeness (QED) is 0.787. The number of aryl methyl sites for hydroxylation is 1. The van der Waals surface area contributed by atoms with Crippen LogP contribution in [0.1, 0.15) is 12.7 Å². The fourth-order valence-corrected chi connectivity index (χ4v) is 2.65. The molecule has 0 radical (unpaired) electrons. The molecule has 23 heavy (non-hydrogen) atoms. The van der Waals surface area contributed by atoms with Gasteiger partial charge in [-0.25, -0.2) is 4.98 Å². The average Bonchev–Trinajstić information content (AvgIpc) is 2.93. The van der Waals surface area contributed by atoms with Gasteiger partial charge < -0.3 is 14.6 Å². The molecule has 1 heterocycles. The summed E-state index contributed by atoms with van der Waals surface area (Å²) >= 11 is 0. The number of aromatic nitrogens is 2. The average molecular weight is 309 g/mol. The normalized spacial score (nSPS) is 10.7. The third-order valence-corrected chi connectivity index (χ3v) is 3.73. The van der Waals surface area contributed by atoms with Gasteiger partial charge in [0.1, 0.15) is 18.1 Å². The van der Waals surface area contributed by atoms with Gasteiger partial charge in [0.2, 0.25) is 5.91 Å². The third-order valence-electron chi connectivity index (χ3n) is 3.73. The Hall–Kier alpha value is -2.82. The lowest BCUT2D eigenvalue weighted by Gasteiger charge is -2.11. The Bertz CT molecular complexity index is 839. The van der Waals surface area contributed by atoms with Gasteiger partial charge in [-0.2, -0.15) is 0 Å². The van der Waals surface area contributed by atoms with Crippen LogP contribution in [0, 0.1) is 0 Å². The maximum absolute atomic E-state index is 12.4. The van der Waals surface area contributed by atoms with Gasteiger partial charge in [0.15, 0.2) is 0 Å². The number of rotatable bonds is 5. The summed E-state index contributed by atoms with van der Waals surface area (Å²) in [6.45, 7) is 2.26. The number of nitrogens with zero attached hydrogens (tertiary/aromatic N) is 2. The molecule has 0 aliphatic rings. The molecule has 0 bridgehead atoms. The van der Waals surface area contributed by atoms with Crippen LogP contribution in [-0.2, 0) is 17.8 Å². The molecule has 0 saturated carbocycles. The van der Waals surface area contributed by atoms with Crippen molar-refractivity contribution in [2.24, 2.45) is 0 Å². The van der Waals surface area contributed by atoms with Crippen molar-refractivity contribution in [3.63, 3.8) is 0 Å². The van der Waals surface area contributed by atoms with Crippen LogP contribution >= 0.6 is 0 Å². The van der Waals surface area contributed by atoms with Crippen LogP contribution in [0.15, 0.2) is 48.5 Å². The largest absolute Gasteiger partial charge is 0.495 e. The first-order chi connectivity index (χ1) is 11.2. The third kappa shape index (κ3) is 3.04. The van der Waals surface area contributed by atoms with Crippen LogP contribution < -0.4 is 10.1 Å². The molecule has 0 atom stereocenters. The molecule has 1 N–H and O–H groups in total. The van der Waals surface area contributed by atoms with Gasteiger partial charge in [-0.15, -0.1) is 0 Å². The van der Waals surface area contributed by atoms with E-state index < -0.39 is 0 Å². The van der Waals surface area contributed by atoms with E-state index in [2.05, 4.69) is 10.3 Å². The van der Waals surface area contributed by atoms with Crippen LogP contribution in [0.3, 0.4) is 0 Å². The first-order valence-corrected chi connectivity index (χ1v) is 7.60. The number of methoxy groups -OCH3 is 1. The van der Waals surface area contributed by atoms with E-state index in [0.29, 0.717) is 11.4 Å². The lowest BCUT2D eigenvalue weighted by Crippen LogP contribution is -2.20. The fraction of sp³-hybridized carbons (Fsp3) is 0.222. The molecule has 3 aromatic rings. The van der Waals surface area contributed by atoms with Crippen molar-refractivity contribution in [2.75, 3.05) is 12.4 Å². The van der Waals surface area contributed by atoms with Crippen LogP contribution in [0.25, 0.3) is 11.0 Å². The fourth-order valence-electron chi connectivity index (χ4n) is 2.65. The van der Waals surface area contributed by atoms with E-state index in [1.54, 1.807) is 7.11 Å². The number of para-hydroxylation sites is 4. The minimum atomic E-state index is -0.104. The number of imidazole rings is 1. The van der Waals surface area contributed by atoms with E-state index in [1.165, 1.54) is 0 Å². The van der Waals surface area contributed by atoms with E-state index in [9.17, 15) is 4.79 Å². The zero-order valence-corrected chi connectivity index (χ0v) is 13.2. The molecule has 2 aromatic carbocycles. The van der Waals surface area contributed by atoms with Crippen molar-refractivity contribution < 1.29 is 9.53 Å². The van der Waals surface area contributed by atoms with E-state index in [-0.39, 0.29) is 12.5 Å². The van der Waals surface area contributed by atoms with E-state index in [0.717, 1.165) is 23.3 Å². The zero-order chi connectivity index (χ0) is 16.2. The summed E-state index contributed by atoms with van der Waals surface area (Å²) in [7, 11) is 1.59. The summed E-state index contributed by atoms with van der Waals surface area (Å²) in [5.74, 6) is 1.45. The summed E-state index contributed by atoms with van der Waals surface area (Å²) in [4.78, 5) is 17.0. The number of carbonyl (C=O) groups excluding carboxylic acids is 1. The van der Waals surface area contributed by atoms with Gasteiger partial charge in [-0.3, -0.25) is 4.79 Å². The first-order valence-electron chi connectivity index (χ1n) is 7.60. The number of nitrogens with one attached hydrogen (secondary N) is 1. The summed E-state index contributed by atoms with van der Waals surface area (Å²) < 4.78 is 7.22. The van der Waals surface area contributed by atoms with Crippen molar-refractivity contribution >= 4 is 22.6 Å². The van der Waals surface area contributed by atoms with Gasteiger partial charge in [0.05, 0.1) is 23.8 Å². The number of amides is 1. The summed E-state index contributed by atoms with van der Waals surface area (Å²) in [6.07, 6.45) is 0.774. The van der Waals surface area contributed by atoms with Crippen molar-refractivity contribution in [1.82, 2.24) is 9.55 Å². The van der Waals surface area contributed by atoms with Gasteiger partial charge in [-0.05, 0) is 24.3 Å². The van der Waals surface area contributed by atoms with Gasteiger partial charge in [0, 0.05) is 6.42 Å². The second-order valence-corrected chi connectivity index (χ2v) is 5.20. The number of hydrogen-bond acceptors (Lipinski definition) is 3. The van der Waals surface area contributed by atoms with Crippen molar-refractivity contribution in [1.29, 1.82) is 0 Å². The highest BCUT2D eigenvalue weighted by Gasteiger charge is 2.13. The number of carbonyl (C=O) groups is 1. The minimum Gasteiger partial charge on any atom is -0.495 e. The topological polar surface area (TPSA) is 56.2 Å². The maximum Gasteiger partial charge on any atom is 0.244 e. The van der Waals surface area contributed by atoms with Gasteiger partial charge in [-0.1, -0.05) is 31.2 Å². The molecule has 3 rings (SSSR count). The van der Waals surface area contributed by atoms with Gasteiger partial charge in [0.25, 0.3) is 0 Å². The molecule has 1 amide bonds. The monoisotopic (exact) mass is 309 g/mol. The van der Waals surface area contributed by atoms with Gasteiger partial charge >= 0.3 is 0 Å². The van der Waals surface area contributed by atoms with Crippen molar-refractivity contribution in [3.8, 4) is 5.75 Å². The molecule has 1 aromatic heterocycles. The van der Waals surface area contributed by atoms with Crippen molar-refractivity contribution in [2.45, 2.75) is 19.9 Å². The molecular weight excluding hydrogens is 290 g/mol. The van der Waals surface area contributed by atoms with Crippen LogP contribution in [0.5, 0.6) is 5.75 Å². The molecule has 5 heteroatoms. The Labute approximate surface area is 134 Å². The summed E-state index contributed by atoms with van der Waals surface area (Å²) in [6, 6.07) is 15.2. The second-order valence-electron chi connectivity index (χ2n) is 5.20. The van der Waals surface area contributed by atoms with Crippen LogP contribution in [0.2, 0.25) is 0 Å². The zero-order valence-electron chi connectivity index (χ0n) is 13.2. The Kier molecular flexibility index (Phi) is 4.28. The minimum absolute atomic E-state index is 0.104. The molecule has 5 nitrogen and oxygen atoms in total. The smallest absolute Gasteiger partial charge is 0.244 e. The number of ether oxygens (including phenoxy) is 1. The summed E-state index contributed by atoms with van der Waals surface area (Å²) in [5, 5.41) is 2.90. The molecular formula is C18H19N3O2. The highest BCUT2D eigenvalue weighted by atomic mass is 16.5. The number of fused-ring (bicyclic) bond motifs is 1. The Morgan fingerprint density at radius 1 is 1.17 bits per heavy atom. The SMILES string of the molecule is CCc1nc2ccccc2n1CC(=O)Nc1ccccc1OC. The highest BCUT2D eigenvalue weighted by Crippen LogP contribution is 2.23. The molecule has 0 aliphatic heterocycles. The van der Waals surface area contributed by atoms with Crippen LogP contribution in [0.4, 0.5) is 5.69 Å². The predicted octanol–water partition coefficient (Wildman–Crippen LogP) is 3.25. The van der Waals surface area contributed by atoms with E-state index >= 15 is 0 Å². The predicted molar refractivity (Wildman–Crippen MR) is 90.7 cm³/mol. The Balaban J connectivity index is 1.86.